The molecule has 0 spiro atoms. The first-order chi connectivity index (χ1) is 7.11. The average Bonchev–Trinajstić information content (AvgIpc) is 2.19. The van der Waals surface area contributed by atoms with E-state index in [1.807, 2.05) is 0 Å². The molecule has 2 N–H and O–H groups in total. The third-order valence-corrected chi connectivity index (χ3v) is 1.90. The van der Waals surface area contributed by atoms with Gasteiger partial charge < -0.3 is 10.2 Å². The van der Waals surface area contributed by atoms with Crippen molar-refractivity contribution in [3.05, 3.63) is 29.8 Å². The van der Waals surface area contributed by atoms with Gasteiger partial charge in [0.1, 0.15) is 11.1 Å². The minimum absolute atomic E-state index is 0.0381. The van der Waals surface area contributed by atoms with Crippen molar-refractivity contribution in [1.29, 1.82) is 0 Å². The molecule has 76 valence electrons. The lowest BCUT2D eigenvalue weighted by Crippen LogP contribution is -2.02. The first kappa shape index (κ1) is 9.32. The fraction of sp³-hybridized carbons (Fsp3) is 0. The molecular weight excluding hydrogens is 203 g/mol. The number of hydrogen-bond acceptors (Lipinski definition) is 4. The predicted molar refractivity (Wildman–Crippen MR) is 48.1 cm³/mol. The molecule has 1 aromatic carbocycles. The van der Waals surface area contributed by atoms with E-state index < -0.39 is 23.1 Å². The van der Waals surface area contributed by atoms with Crippen molar-refractivity contribution >= 4 is 17.0 Å². The number of phenols is 1. The number of halogens is 1. The summed E-state index contributed by atoms with van der Waals surface area (Å²) in [5, 5.41) is 18.0. The van der Waals surface area contributed by atoms with Crippen LogP contribution in [0.4, 0.5) is 4.39 Å². The van der Waals surface area contributed by atoms with Crippen LogP contribution in [0.25, 0.3) is 11.0 Å². The maximum atomic E-state index is 13.1. The molecule has 0 amide bonds. The number of aromatic carboxylic acids is 1. The Balaban J connectivity index is 2.95. The summed E-state index contributed by atoms with van der Waals surface area (Å²) < 4.78 is 13.1. The van der Waals surface area contributed by atoms with Crippen LogP contribution < -0.4 is 0 Å². The number of aromatic hydroxyl groups is 1. The Bertz CT molecular complexity index is 556. The van der Waals surface area contributed by atoms with Crippen molar-refractivity contribution in [3.8, 4) is 5.75 Å². The van der Waals surface area contributed by atoms with Gasteiger partial charge in [0.15, 0.2) is 11.6 Å². The Morgan fingerprint density at radius 1 is 1.33 bits per heavy atom. The third kappa shape index (κ3) is 1.35. The van der Waals surface area contributed by atoms with E-state index in [0.717, 1.165) is 6.07 Å². The molecule has 0 atom stereocenters. The number of carbonyl (C=O) groups is 1. The molecule has 1 aromatic heterocycles. The normalized spacial score (nSPS) is 10.5. The maximum Gasteiger partial charge on any atom is 0.341 e. The summed E-state index contributed by atoms with van der Waals surface area (Å²) in [7, 11) is 0. The second kappa shape index (κ2) is 3.16. The van der Waals surface area contributed by atoms with E-state index in [0.29, 0.717) is 0 Å². The molecule has 0 bridgehead atoms. The summed E-state index contributed by atoms with van der Waals surface area (Å²) in [6.45, 7) is 0. The summed E-state index contributed by atoms with van der Waals surface area (Å²) in [4.78, 5) is 18.3. The van der Waals surface area contributed by atoms with E-state index in [1.165, 1.54) is 12.4 Å². The van der Waals surface area contributed by atoms with E-state index in [4.69, 9.17) is 5.11 Å². The van der Waals surface area contributed by atoms with Crippen LogP contribution in [-0.4, -0.2) is 26.2 Å². The van der Waals surface area contributed by atoms with Crippen LogP contribution >= 0.6 is 0 Å². The van der Waals surface area contributed by atoms with Crippen molar-refractivity contribution in [3.63, 3.8) is 0 Å². The first-order valence-corrected chi connectivity index (χ1v) is 3.96. The molecule has 5 nitrogen and oxygen atoms in total. The molecule has 0 unspecified atom stereocenters. The molecule has 0 fully saturated rings. The molecule has 15 heavy (non-hydrogen) atoms. The number of carboxylic acids is 1. The van der Waals surface area contributed by atoms with Gasteiger partial charge in [0.2, 0.25) is 0 Å². The molecule has 0 aliphatic heterocycles. The molecule has 0 saturated heterocycles. The Hall–Kier alpha value is -2.24. The first-order valence-electron chi connectivity index (χ1n) is 3.96. The molecule has 0 aliphatic carbocycles. The number of nitrogens with zero attached hydrogens (tertiary/aromatic N) is 2. The molecule has 6 heteroatoms. The maximum absolute atomic E-state index is 13.1. The van der Waals surface area contributed by atoms with Gasteiger partial charge in [0.05, 0.1) is 5.52 Å². The minimum Gasteiger partial charge on any atom is -0.504 e. The molecule has 2 aromatic rings. The summed E-state index contributed by atoms with van der Waals surface area (Å²) in [5.74, 6) is -3.39. The predicted octanol–water partition coefficient (Wildman–Crippen LogP) is 1.17. The molecule has 1 heterocycles. The number of carboxylic acid groups (broad SMARTS) is 1. The summed E-state index contributed by atoms with van der Waals surface area (Å²) in [6.07, 6.45) is 2.58. The van der Waals surface area contributed by atoms with Gasteiger partial charge in [0, 0.05) is 18.5 Å². The quantitative estimate of drug-likeness (QED) is 0.734. The molecule has 2 rings (SSSR count). The van der Waals surface area contributed by atoms with Crippen molar-refractivity contribution in [1.82, 2.24) is 9.97 Å². The Labute approximate surface area is 82.8 Å². The van der Waals surface area contributed by atoms with Gasteiger partial charge in [0.25, 0.3) is 0 Å². The van der Waals surface area contributed by atoms with E-state index in [1.54, 1.807) is 0 Å². The highest BCUT2D eigenvalue weighted by atomic mass is 19.1. The van der Waals surface area contributed by atoms with Crippen molar-refractivity contribution in [2.24, 2.45) is 0 Å². The van der Waals surface area contributed by atoms with Gasteiger partial charge in [-0.05, 0) is 0 Å². The third-order valence-electron chi connectivity index (χ3n) is 1.90. The van der Waals surface area contributed by atoms with Gasteiger partial charge in [-0.15, -0.1) is 0 Å². The largest absolute Gasteiger partial charge is 0.504 e. The van der Waals surface area contributed by atoms with Crippen LogP contribution in [0.15, 0.2) is 18.5 Å². The number of aromatic nitrogens is 2. The smallest absolute Gasteiger partial charge is 0.341 e. The fourth-order valence-corrected chi connectivity index (χ4v) is 1.27. The van der Waals surface area contributed by atoms with Gasteiger partial charge in [-0.25, -0.2) is 9.18 Å². The molecule has 0 radical (unpaired) electrons. The standard InChI is InChI=1S/C9H5FN2O3/c10-4-3-5-7(12-2-1-11-5)6(8(4)13)9(14)15/h1-3,13H,(H,14,15). The van der Waals surface area contributed by atoms with Crippen LogP contribution in [-0.2, 0) is 0 Å². The fourth-order valence-electron chi connectivity index (χ4n) is 1.27. The van der Waals surface area contributed by atoms with Crippen LogP contribution in [0.5, 0.6) is 5.75 Å². The lowest BCUT2D eigenvalue weighted by molar-refractivity contribution is 0.0695. The molecular formula is C9H5FN2O3. The monoisotopic (exact) mass is 208 g/mol. The lowest BCUT2D eigenvalue weighted by Gasteiger charge is -2.04. The highest BCUT2D eigenvalue weighted by molar-refractivity contribution is 6.03. The highest BCUT2D eigenvalue weighted by Gasteiger charge is 2.19. The van der Waals surface area contributed by atoms with Crippen LogP contribution in [0.1, 0.15) is 10.4 Å². The topological polar surface area (TPSA) is 83.3 Å². The van der Waals surface area contributed by atoms with E-state index in [-0.39, 0.29) is 11.0 Å². The van der Waals surface area contributed by atoms with Crippen molar-refractivity contribution in [2.45, 2.75) is 0 Å². The van der Waals surface area contributed by atoms with E-state index >= 15 is 0 Å². The molecule has 0 saturated carbocycles. The zero-order valence-electron chi connectivity index (χ0n) is 7.31. The number of rotatable bonds is 1. The minimum atomic E-state index is -1.45. The van der Waals surface area contributed by atoms with Gasteiger partial charge in [-0.1, -0.05) is 0 Å². The van der Waals surface area contributed by atoms with E-state index in [9.17, 15) is 14.3 Å². The second-order valence-electron chi connectivity index (χ2n) is 2.81. The van der Waals surface area contributed by atoms with Gasteiger partial charge >= 0.3 is 5.97 Å². The lowest BCUT2D eigenvalue weighted by atomic mass is 10.1. The summed E-state index contributed by atoms with van der Waals surface area (Å²) >= 11 is 0. The SMILES string of the molecule is O=C(O)c1c(O)c(F)cc2nccnc12. The highest BCUT2D eigenvalue weighted by Crippen LogP contribution is 2.27. The number of hydrogen-bond donors (Lipinski definition) is 2. The van der Waals surface area contributed by atoms with Gasteiger partial charge in [-0.2, -0.15) is 0 Å². The van der Waals surface area contributed by atoms with Crippen LogP contribution in [0.3, 0.4) is 0 Å². The van der Waals surface area contributed by atoms with Crippen LogP contribution in [0, 0.1) is 5.82 Å². The average molecular weight is 208 g/mol. The summed E-state index contributed by atoms with van der Waals surface area (Å²) in [5.41, 5.74) is -0.521. The molecule has 0 aliphatic rings. The Morgan fingerprint density at radius 2 is 2.00 bits per heavy atom. The summed E-state index contributed by atoms with van der Waals surface area (Å²) in [6, 6.07) is 0.935. The van der Waals surface area contributed by atoms with E-state index in [2.05, 4.69) is 9.97 Å². The zero-order valence-corrected chi connectivity index (χ0v) is 7.31. The zero-order chi connectivity index (χ0) is 11.0. The number of fused-ring (bicyclic) bond motifs is 1. The van der Waals surface area contributed by atoms with Crippen molar-refractivity contribution < 1.29 is 19.4 Å². The number of benzene rings is 1. The van der Waals surface area contributed by atoms with Crippen molar-refractivity contribution in [2.75, 3.05) is 0 Å². The van der Waals surface area contributed by atoms with Crippen LogP contribution in [0.2, 0.25) is 0 Å². The Kier molecular flexibility index (Phi) is 1.96. The van der Waals surface area contributed by atoms with Gasteiger partial charge in [-0.3, -0.25) is 9.97 Å². The Morgan fingerprint density at radius 3 is 2.67 bits per heavy atom. The second-order valence-corrected chi connectivity index (χ2v) is 2.81.